The van der Waals surface area contributed by atoms with E-state index in [0.29, 0.717) is 23.0 Å². The quantitative estimate of drug-likeness (QED) is 0.686. The summed E-state index contributed by atoms with van der Waals surface area (Å²) in [6.45, 7) is 6.09. The number of hydrogen-bond donors (Lipinski definition) is 1. The van der Waals surface area contributed by atoms with Gasteiger partial charge >= 0.3 is 5.97 Å². The van der Waals surface area contributed by atoms with Gasteiger partial charge in [0, 0.05) is 19.2 Å². The van der Waals surface area contributed by atoms with Gasteiger partial charge in [-0.2, -0.15) is 0 Å². The van der Waals surface area contributed by atoms with Crippen molar-refractivity contribution in [2.75, 3.05) is 19.0 Å². The molecular formula is C23H25N3O4S. The lowest BCUT2D eigenvalue weighted by atomic mass is 10.1. The maximum atomic E-state index is 12.6. The van der Waals surface area contributed by atoms with Gasteiger partial charge in [-0.15, -0.1) is 0 Å². The van der Waals surface area contributed by atoms with E-state index in [2.05, 4.69) is 10.3 Å². The summed E-state index contributed by atoms with van der Waals surface area (Å²) in [5, 5.41) is 2.81. The molecule has 0 unspecified atom stereocenters. The number of aryl methyl sites for hydroxylation is 2. The Morgan fingerprint density at radius 1 is 1.13 bits per heavy atom. The maximum Gasteiger partial charge on any atom is 0.338 e. The van der Waals surface area contributed by atoms with Gasteiger partial charge in [-0.3, -0.25) is 14.5 Å². The zero-order valence-corrected chi connectivity index (χ0v) is 18.8. The van der Waals surface area contributed by atoms with Crippen molar-refractivity contribution in [3.05, 3.63) is 59.2 Å². The topological polar surface area (TPSA) is 88.1 Å². The van der Waals surface area contributed by atoms with Crippen molar-refractivity contribution < 1.29 is 19.1 Å². The first-order valence-electron chi connectivity index (χ1n) is 9.95. The number of anilines is 1. The van der Waals surface area contributed by atoms with E-state index in [1.165, 1.54) is 22.2 Å². The molecule has 2 aromatic carbocycles. The molecule has 0 saturated carbocycles. The largest absolute Gasteiger partial charge is 0.462 e. The van der Waals surface area contributed by atoms with E-state index >= 15 is 0 Å². The van der Waals surface area contributed by atoms with Gasteiger partial charge in [0.05, 0.1) is 17.9 Å². The number of hydrogen-bond acceptors (Lipinski definition) is 6. The molecule has 31 heavy (non-hydrogen) atoms. The minimum Gasteiger partial charge on any atom is -0.462 e. The van der Waals surface area contributed by atoms with E-state index in [4.69, 9.17) is 4.74 Å². The fourth-order valence-corrected chi connectivity index (χ4v) is 4.14. The normalized spacial score (nSPS) is 17.2. The highest BCUT2D eigenvalue weighted by molar-refractivity contribution is 8.15. The molecule has 1 heterocycles. The Bertz CT molecular complexity index is 1030. The van der Waals surface area contributed by atoms with Gasteiger partial charge in [0.1, 0.15) is 5.25 Å². The number of benzene rings is 2. The van der Waals surface area contributed by atoms with E-state index in [0.717, 1.165) is 11.3 Å². The molecule has 2 amide bonds. The standard InChI is InChI=1S/C23H25N3O4S/c1-5-30-22(29)16-7-10-17(11-8-16)24-20(27)13-19-21(28)26(4)23(31-19)25-18-9-6-14(2)15(3)12-18/h6-12,19H,5,13H2,1-4H3,(H,24,27)/t19-/m0/s1. The fourth-order valence-electron chi connectivity index (χ4n) is 2.99. The van der Waals surface area contributed by atoms with E-state index in [1.54, 1.807) is 38.2 Å². The molecule has 2 aromatic rings. The summed E-state index contributed by atoms with van der Waals surface area (Å²) in [6.07, 6.45) is 0.0272. The molecule has 0 aliphatic carbocycles. The van der Waals surface area contributed by atoms with Crippen molar-refractivity contribution in [2.24, 2.45) is 4.99 Å². The van der Waals surface area contributed by atoms with Crippen molar-refractivity contribution in [3.63, 3.8) is 0 Å². The molecule has 7 nitrogen and oxygen atoms in total. The second-order valence-electron chi connectivity index (χ2n) is 7.22. The number of carbonyl (C=O) groups is 3. The van der Waals surface area contributed by atoms with Crippen molar-refractivity contribution in [3.8, 4) is 0 Å². The summed E-state index contributed by atoms with van der Waals surface area (Å²) < 4.78 is 4.94. The molecule has 162 valence electrons. The summed E-state index contributed by atoms with van der Waals surface area (Å²) in [6, 6.07) is 12.3. The molecule has 1 aliphatic heterocycles. The van der Waals surface area contributed by atoms with Crippen molar-refractivity contribution in [1.82, 2.24) is 4.90 Å². The van der Waals surface area contributed by atoms with Crippen LogP contribution in [-0.2, 0) is 14.3 Å². The van der Waals surface area contributed by atoms with Crippen LogP contribution < -0.4 is 5.32 Å². The number of rotatable bonds is 6. The molecule has 8 heteroatoms. The summed E-state index contributed by atoms with van der Waals surface area (Å²) >= 11 is 1.29. The van der Waals surface area contributed by atoms with Gasteiger partial charge in [0.25, 0.3) is 0 Å². The Morgan fingerprint density at radius 3 is 2.48 bits per heavy atom. The average Bonchev–Trinajstić information content (AvgIpc) is 2.99. The van der Waals surface area contributed by atoms with Crippen LogP contribution >= 0.6 is 11.8 Å². The number of nitrogens with one attached hydrogen (secondary N) is 1. The molecule has 0 radical (unpaired) electrons. The lowest BCUT2D eigenvalue weighted by molar-refractivity contribution is -0.127. The third-order valence-electron chi connectivity index (χ3n) is 4.91. The molecule has 1 atom stereocenters. The molecule has 1 fully saturated rings. The predicted octanol–water partition coefficient (Wildman–Crippen LogP) is 4.07. The predicted molar refractivity (Wildman–Crippen MR) is 123 cm³/mol. The minimum atomic E-state index is -0.533. The Balaban J connectivity index is 1.62. The lowest BCUT2D eigenvalue weighted by Gasteiger charge is -2.10. The number of aliphatic imine (C=N–C) groups is 1. The summed E-state index contributed by atoms with van der Waals surface area (Å²) in [7, 11) is 1.67. The highest BCUT2D eigenvalue weighted by Gasteiger charge is 2.37. The molecule has 0 spiro atoms. The first-order valence-corrected chi connectivity index (χ1v) is 10.8. The summed E-state index contributed by atoms with van der Waals surface area (Å²) in [5.74, 6) is -0.845. The first kappa shape index (κ1) is 22.6. The van der Waals surface area contributed by atoms with Crippen LogP contribution in [0.1, 0.15) is 34.8 Å². The third kappa shape index (κ3) is 5.52. The van der Waals surface area contributed by atoms with E-state index in [-0.39, 0.29) is 18.2 Å². The molecule has 3 rings (SSSR count). The smallest absolute Gasteiger partial charge is 0.338 e. The van der Waals surface area contributed by atoms with Crippen molar-refractivity contribution in [2.45, 2.75) is 32.4 Å². The first-order chi connectivity index (χ1) is 14.8. The Labute approximate surface area is 185 Å². The molecule has 1 aliphatic rings. The highest BCUT2D eigenvalue weighted by Crippen LogP contribution is 2.31. The van der Waals surface area contributed by atoms with Gasteiger partial charge in [0.2, 0.25) is 11.8 Å². The van der Waals surface area contributed by atoms with Crippen molar-refractivity contribution in [1.29, 1.82) is 0 Å². The molecule has 0 bridgehead atoms. The summed E-state index contributed by atoms with van der Waals surface area (Å²) in [5.41, 5.74) is 4.04. The average molecular weight is 440 g/mol. The zero-order valence-electron chi connectivity index (χ0n) is 18.0. The van der Waals surface area contributed by atoms with Crippen LogP contribution in [-0.4, -0.2) is 46.8 Å². The van der Waals surface area contributed by atoms with Gasteiger partial charge in [-0.1, -0.05) is 17.8 Å². The van der Waals surface area contributed by atoms with Crippen LogP contribution in [0, 0.1) is 13.8 Å². The monoisotopic (exact) mass is 439 g/mol. The SMILES string of the molecule is CCOC(=O)c1ccc(NC(=O)C[C@@H]2SC(=Nc3ccc(C)c(C)c3)N(C)C2=O)cc1. The Morgan fingerprint density at radius 2 is 1.84 bits per heavy atom. The number of esters is 1. The van der Waals surface area contributed by atoms with Gasteiger partial charge in [0.15, 0.2) is 5.17 Å². The number of thioether (sulfide) groups is 1. The second-order valence-corrected chi connectivity index (χ2v) is 8.39. The fraction of sp³-hybridized carbons (Fsp3) is 0.304. The number of carbonyl (C=O) groups excluding carboxylic acids is 3. The van der Waals surface area contributed by atoms with Gasteiger partial charge < -0.3 is 10.1 Å². The number of amides is 2. The summed E-state index contributed by atoms with van der Waals surface area (Å²) in [4.78, 5) is 42.8. The van der Waals surface area contributed by atoms with Crippen LogP contribution in [0.3, 0.4) is 0 Å². The molecule has 0 aromatic heterocycles. The van der Waals surface area contributed by atoms with Crippen LogP contribution in [0.4, 0.5) is 11.4 Å². The molecule has 1 N–H and O–H groups in total. The third-order valence-corrected chi connectivity index (χ3v) is 6.14. The highest BCUT2D eigenvalue weighted by atomic mass is 32.2. The molecule has 1 saturated heterocycles. The maximum absolute atomic E-state index is 12.6. The van der Waals surface area contributed by atoms with Crippen LogP contribution in [0.5, 0.6) is 0 Å². The van der Waals surface area contributed by atoms with Crippen LogP contribution in [0.15, 0.2) is 47.5 Å². The number of nitrogens with zero attached hydrogens (tertiary/aromatic N) is 2. The lowest BCUT2D eigenvalue weighted by Crippen LogP contribution is -2.30. The van der Waals surface area contributed by atoms with E-state index in [9.17, 15) is 14.4 Å². The van der Waals surface area contributed by atoms with Gasteiger partial charge in [-0.25, -0.2) is 9.79 Å². The minimum absolute atomic E-state index is 0.0272. The Kier molecular flexibility index (Phi) is 7.12. The number of ether oxygens (including phenoxy) is 1. The second kappa shape index (κ2) is 9.78. The zero-order chi connectivity index (χ0) is 22.5. The van der Waals surface area contributed by atoms with E-state index < -0.39 is 11.2 Å². The Hall–Kier alpha value is -3.13. The number of amidine groups is 1. The van der Waals surface area contributed by atoms with Crippen LogP contribution in [0.2, 0.25) is 0 Å². The van der Waals surface area contributed by atoms with E-state index in [1.807, 2.05) is 32.0 Å². The van der Waals surface area contributed by atoms with Crippen LogP contribution in [0.25, 0.3) is 0 Å². The van der Waals surface area contributed by atoms with Gasteiger partial charge in [-0.05, 0) is 68.3 Å². The van der Waals surface area contributed by atoms with Crippen molar-refractivity contribution >= 4 is 46.1 Å². The molecular weight excluding hydrogens is 414 g/mol.